The van der Waals surface area contributed by atoms with Gasteiger partial charge in [-0.25, -0.2) is 4.79 Å². The van der Waals surface area contributed by atoms with Crippen molar-refractivity contribution in [3.8, 4) is 0 Å². The van der Waals surface area contributed by atoms with Crippen LogP contribution in [0.2, 0.25) is 5.02 Å². The molecule has 0 bridgehead atoms. The third kappa shape index (κ3) is 4.79. The minimum atomic E-state index is -0.509. The average Bonchev–Trinajstić information content (AvgIpc) is 2.81. The summed E-state index contributed by atoms with van der Waals surface area (Å²) in [4.78, 5) is 42.0. The Bertz CT molecular complexity index is 993. The number of hydrogen-bond donors (Lipinski definition) is 2. The van der Waals surface area contributed by atoms with Gasteiger partial charge in [0.25, 0.3) is 0 Å². The Morgan fingerprint density at radius 1 is 1.09 bits per heavy atom. The lowest BCUT2D eigenvalue weighted by molar-refractivity contribution is -0.138. The highest BCUT2D eigenvalue weighted by Gasteiger charge is 2.47. The normalized spacial score (nSPS) is 20.8. The zero-order valence-corrected chi connectivity index (χ0v) is 18.8. The van der Waals surface area contributed by atoms with E-state index < -0.39 is 12.1 Å². The van der Waals surface area contributed by atoms with Crippen LogP contribution in [0.25, 0.3) is 0 Å². The number of imide groups is 1. The van der Waals surface area contributed by atoms with Crippen molar-refractivity contribution in [3.05, 3.63) is 64.7 Å². The van der Waals surface area contributed by atoms with Crippen LogP contribution in [0.5, 0.6) is 0 Å². The van der Waals surface area contributed by atoms with Gasteiger partial charge in [-0.15, -0.1) is 0 Å². The number of carbonyl (C=O) groups is 3. The van der Waals surface area contributed by atoms with Gasteiger partial charge in [0.15, 0.2) is 0 Å². The van der Waals surface area contributed by atoms with Crippen LogP contribution >= 0.6 is 11.6 Å². The molecule has 2 aliphatic heterocycles. The molecule has 2 fully saturated rings. The highest BCUT2D eigenvalue weighted by molar-refractivity contribution is 6.30. The molecule has 7 nitrogen and oxygen atoms in total. The fourth-order valence-electron chi connectivity index (χ4n) is 4.30. The minimum absolute atomic E-state index is 0.110. The van der Waals surface area contributed by atoms with Crippen LogP contribution < -0.4 is 10.6 Å². The van der Waals surface area contributed by atoms with Gasteiger partial charge in [0.05, 0.1) is 12.6 Å². The second-order valence-corrected chi connectivity index (χ2v) is 8.64. The third-order valence-electron chi connectivity index (χ3n) is 6.05. The molecule has 2 heterocycles. The van der Waals surface area contributed by atoms with Crippen LogP contribution in [-0.4, -0.2) is 52.8 Å². The summed E-state index contributed by atoms with van der Waals surface area (Å²) in [6.45, 7) is 2.80. The number of fused-ring (bicyclic) bond motifs is 1. The maximum absolute atomic E-state index is 13.3. The van der Waals surface area contributed by atoms with Crippen LogP contribution in [0.4, 0.5) is 10.5 Å². The number of rotatable bonds is 6. The average molecular weight is 455 g/mol. The van der Waals surface area contributed by atoms with Crippen molar-refractivity contribution in [2.24, 2.45) is 0 Å². The monoisotopic (exact) mass is 454 g/mol. The van der Waals surface area contributed by atoms with E-state index in [9.17, 15) is 14.4 Å². The molecule has 32 heavy (non-hydrogen) atoms. The summed E-state index contributed by atoms with van der Waals surface area (Å²) < 4.78 is 0. The molecule has 2 saturated heterocycles. The molecular formula is C24H27ClN4O3. The van der Waals surface area contributed by atoms with Crippen molar-refractivity contribution in [2.45, 2.75) is 44.8 Å². The molecule has 0 saturated carbocycles. The lowest BCUT2D eigenvalue weighted by Crippen LogP contribution is -2.70. The first kappa shape index (κ1) is 22.3. The molecule has 2 atom stereocenters. The van der Waals surface area contributed by atoms with Gasteiger partial charge in [0.2, 0.25) is 11.8 Å². The van der Waals surface area contributed by atoms with Crippen molar-refractivity contribution in [1.29, 1.82) is 0 Å². The number of benzene rings is 2. The van der Waals surface area contributed by atoms with Crippen LogP contribution in [0.15, 0.2) is 48.5 Å². The zero-order chi connectivity index (χ0) is 22.7. The molecule has 2 N–H and O–H groups in total. The third-order valence-corrected chi connectivity index (χ3v) is 6.30. The Morgan fingerprint density at radius 2 is 1.78 bits per heavy atom. The van der Waals surface area contributed by atoms with Gasteiger partial charge in [-0.2, -0.15) is 0 Å². The van der Waals surface area contributed by atoms with Crippen LogP contribution in [0.1, 0.15) is 30.9 Å². The van der Waals surface area contributed by atoms with Gasteiger partial charge in [-0.1, -0.05) is 42.8 Å². The van der Waals surface area contributed by atoms with Crippen LogP contribution in [0.3, 0.4) is 0 Å². The molecule has 8 heteroatoms. The molecular weight excluding hydrogens is 428 g/mol. The van der Waals surface area contributed by atoms with Gasteiger partial charge >= 0.3 is 6.03 Å². The number of aryl methyl sites for hydroxylation is 1. The Balaban J connectivity index is 1.51. The van der Waals surface area contributed by atoms with E-state index in [0.29, 0.717) is 23.7 Å². The fraction of sp³-hybridized carbons (Fsp3) is 0.375. The van der Waals surface area contributed by atoms with Crippen molar-refractivity contribution in [1.82, 2.24) is 15.1 Å². The number of piperidine rings is 1. The summed E-state index contributed by atoms with van der Waals surface area (Å²) in [5.41, 5.74) is 2.66. The highest BCUT2D eigenvalue weighted by Crippen LogP contribution is 2.26. The molecule has 0 aromatic heterocycles. The summed E-state index contributed by atoms with van der Waals surface area (Å²) >= 11 is 5.96. The van der Waals surface area contributed by atoms with Gasteiger partial charge in [0, 0.05) is 10.7 Å². The lowest BCUT2D eigenvalue weighted by atomic mass is 9.93. The van der Waals surface area contributed by atoms with Crippen molar-refractivity contribution in [2.75, 3.05) is 18.4 Å². The molecule has 0 spiro atoms. The van der Waals surface area contributed by atoms with Gasteiger partial charge in [-0.05, 0) is 61.2 Å². The first-order valence-corrected chi connectivity index (χ1v) is 11.3. The standard InChI is InChI=1S/C24H27ClN4O3/c1-2-16-7-11-19(12-8-16)27-21(30)15-28-20-4-3-13-26-22(20)23(31)29(24(28)32)14-17-5-9-18(25)10-6-17/h5-12,20,22,26H,2-4,13-15H2,1H3,(H,27,30). The van der Waals surface area contributed by atoms with Gasteiger partial charge in [0.1, 0.15) is 12.6 Å². The number of urea groups is 1. The van der Waals surface area contributed by atoms with Crippen molar-refractivity contribution >= 4 is 35.1 Å². The first-order valence-electron chi connectivity index (χ1n) is 10.9. The number of halogens is 1. The first-order chi connectivity index (χ1) is 15.5. The van der Waals surface area contributed by atoms with E-state index in [1.165, 1.54) is 15.4 Å². The lowest BCUT2D eigenvalue weighted by Gasteiger charge is -2.46. The summed E-state index contributed by atoms with van der Waals surface area (Å²) in [7, 11) is 0. The number of carbonyl (C=O) groups excluding carboxylic acids is 3. The predicted molar refractivity (Wildman–Crippen MR) is 123 cm³/mol. The van der Waals surface area contributed by atoms with Crippen molar-refractivity contribution < 1.29 is 14.4 Å². The van der Waals surface area contributed by atoms with E-state index in [0.717, 1.165) is 18.4 Å². The number of nitrogens with zero attached hydrogens (tertiary/aromatic N) is 2. The largest absolute Gasteiger partial charge is 0.327 e. The van der Waals surface area contributed by atoms with E-state index in [-0.39, 0.29) is 30.9 Å². The summed E-state index contributed by atoms with van der Waals surface area (Å²) in [5, 5.41) is 6.70. The SMILES string of the molecule is CCc1ccc(NC(=O)CN2C(=O)N(Cc3ccc(Cl)cc3)C(=O)C3NCCCC32)cc1. The second kappa shape index (κ2) is 9.71. The minimum Gasteiger partial charge on any atom is -0.325 e. The van der Waals surface area contributed by atoms with Crippen molar-refractivity contribution in [3.63, 3.8) is 0 Å². The molecule has 0 radical (unpaired) electrons. The Kier molecular flexibility index (Phi) is 6.77. The van der Waals surface area contributed by atoms with Gasteiger partial charge < -0.3 is 15.5 Å². The van der Waals surface area contributed by atoms with Gasteiger partial charge in [-0.3, -0.25) is 14.5 Å². The molecule has 2 aliphatic rings. The highest BCUT2D eigenvalue weighted by atomic mass is 35.5. The number of anilines is 1. The molecule has 0 aliphatic carbocycles. The van der Waals surface area contributed by atoms with E-state index in [1.807, 2.05) is 24.3 Å². The van der Waals surface area contributed by atoms with E-state index >= 15 is 0 Å². The summed E-state index contributed by atoms with van der Waals surface area (Å²) in [6, 6.07) is 13.4. The molecule has 2 aromatic carbocycles. The van der Waals surface area contributed by atoms with E-state index in [1.54, 1.807) is 24.3 Å². The molecule has 2 aromatic rings. The molecule has 4 amide bonds. The quantitative estimate of drug-likeness (QED) is 0.700. The zero-order valence-electron chi connectivity index (χ0n) is 18.0. The molecule has 2 unspecified atom stereocenters. The maximum Gasteiger partial charge on any atom is 0.327 e. The Morgan fingerprint density at radius 3 is 2.47 bits per heavy atom. The summed E-state index contributed by atoms with van der Waals surface area (Å²) in [5.74, 6) is -0.533. The smallest absolute Gasteiger partial charge is 0.325 e. The summed E-state index contributed by atoms with van der Waals surface area (Å²) in [6.07, 6.45) is 2.45. The number of hydrogen-bond acceptors (Lipinski definition) is 4. The number of amides is 4. The molecule has 4 rings (SSSR count). The fourth-order valence-corrected chi connectivity index (χ4v) is 4.43. The maximum atomic E-state index is 13.3. The number of nitrogens with one attached hydrogen (secondary N) is 2. The van der Waals surface area contributed by atoms with E-state index in [2.05, 4.69) is 17.6 Å². The van der Waals surface area contributed by atoms with Crippen LogP contribution in [-0.2, 0) is 22.6 Å². The Labute approximate surface area is 192 Å². The Hall–Kier alpha value is -2.90. The van der Waals surface area contributed by atoms with Crippen LogP contribution in [0, 0.1) is 0 Å². The predicted octanol–water partition coefficient (Wildman–Crippen LogP) is 3.43. The molecule has 168 valence electrons. The second-order valence-electron chi connectivity index (χ2n) is 8.20. The topological polar surface area (TPSA) is 81.8 Å². The van der Waals surface area contributed by atoms with E-state index in [4.69, 9.17) is 11.6 Å².